The first kappa shape index (κ1) is 21.4. The lowest BCUT2D eigenvalue weighted by atomic mass is 9.97. The average Bonchev–Trinajstić information content (AvgIpc) is 2.47. The molecule has 0 radical (unpaired) electrons. The third-order valence-electron chi connectivity index (χ3n) is 2.93. The Morgan fingerprint density at radius 3 is 2.04 bits per heavy atom. The Morgan fingerprint density at radius 2 is 1.60 bits per heavy atom. The molecule has 0 saturated carbocycles. The van der Waals surface area contributed by atoms with Gasteiger partial charge in [-0.2, -0.15) is 16.8 Å². The van der Waals surface area contributed by atoms with E-state index in [4.69, 9.17) is 28.9 Å². The molecule has 1 heterocycles. The molecule has 16 heteroatoms. The summed E-state index contributed by atoms with van der Waals surface area (Å²) in [6, 6.07) is -1.37. The number of azide groups is 2. The van der Waals surface area contributed by atoms with Crippen LogP contribution in [0.2, 0.25) is 0 Å². The van der Waals surface area contributed by atoms with Crippen LogP contribution in [0.25, 0.3) is 20.9 Å². The zero-order chi connectivity index (χ0) is 19.3. The van der Waals surface area contributed by atoms with E-state index in [2.05, 4.69) is 20.1 Å². The summed E-state index contributed by atoms with van der Waals surface area (Å²) in [6.07, 6.45) is -4.28. The molecule has 0 unspecified atom stereocenters. The van der Waals surface area contributed by atoms with Gasteiger partial charge in [0.25, 0.3) is 20.2 Å². The van der Waals surface area contributed by atoms with Crippen LogP contribution < -0.4 is 0 Å². The molecule has 14 nitrogen and oxygen atoms in total. The van der Waals surface area contributed by atoms with Crippen LogP contribution in [-0.4, -0.2) is 73.6 Å². The zero-order valence-corrected chi connectivity index (χ0v) is 15.0. The van der Waals surface area contributed by atoms with Crippen LogP contribution >= 0.6 is 0 Å². The molecule has 0 aromatic rings. The summed E-state index contributed by atoms with van der Waals surface area (Å²) in [5.74, 6) is 0. The molecule has 1 fully saturated rings. The van der Waals surface area contributed by atoms with Crippen molar-refractivity contribution < 1.29 is 34.7 Å². The normalized spacial score (nSPS) is 30.1. The fourth-order valence-corrected chi connectivity index (χ4v) is 3.39. The molecule has 0 N–H and O–H groups in total. The van der Waals surface area contributed by atoms with Crippen molar-refractivity contribution in [3.63, 3.8) is 0 Å². The van der Waals surface area contributed by atoms with Gasteiger partial charge in [0.2, 0.25) is 0 Å². The Hall–Kier alpha value is -1.64. The summed E-state index contributed by atoms with van der Waals surface area (Å²) in [5, 5.41) is 6.66. The second kappa shape index (κ2) is 8.64. The van der Waals surface area contributed by atoms with E-state index in [-0.39, 0.29) is 6.54 Å². The number of rotatable bonds is 8. The largest absolute Gasteiger partial charge is 0.353 e. The first-order valence-electron chi connectivity index (χ1n) is 6.52. The van der Waals surface area contributed by atoms with Crippen molar-refractivity contribution in [2.45, 2.75) is 30.6 Å². The van der Waals surface area contributed by atoms with Crippen molar-refractivity contribution in [1.82, 2.24) is 0 Å². The van der Waals surface area contributed by atoms with Gasteiger partial charge in [0, 0.05) is 16.9 Å². The fraction of sp³-hybridized carbons (Fsp3) is 1.00. The van der Waals surface area contributed by atoms with Gasteiger partial charge in [-0.25, -0.2) is 0 Å². The highest BCUT2D eigenvalue weighted by Gasteiger charge is 2.50. The van der Waals surface area contributed by atoms with Crippen LogP contribution in [0.4, 0.5) is 0 Å². The van der Waals surface area contributed by atoms with Crippen molar-refractivity contribution in [3.8, 4) is 0 Å². The van der Waals surface area contributed by atoms with Gasteiger partial charge < -0.3 is 9.47 Å². The van der Waals surface area contributed by atoms with Crippen molar-refractivity contribution in [2.24, 2.45) is 10.2 Å². The van der Waals surface area contributed by atoms with Crippen molar-refractivity contribution in [3.05, 3.63) is 20.9 Å². The monoisotopic (exact) mass is 400 g/mol. The van der Waals surface area contributed by atoms with E-state index in [1.165, 1.54) is 0 Å². The first-order chi connectivity index (χ1) is 11.5. The van der Waals surface area contributed by atoms with E-state index in [9.17, 15) is 16.8 Å². The van der Waals surface area contributed by atoms with Gasteiger partial charge in [0.05, 0.1) is 31.2 Å². The highest BCUT2D eigenvalue weighted by molar-refractivity contribution is 7.86. The molecule has 0 amide bonds. The minimum absolute atomic E-state index is 0.352. The Balaban J connectivity index is 3.40. The molecule has 0 aromatic carbocycles. The quantitative estimate of drug-likeness (QED) is 0.235. The predicted molar refractivity (Wildman–Crippen MR) is 82.1 cm³/mol. The minimum Gasteiger partial charge on any atom is -0.353 e. The SMILES string of the molecule is CO[C@H]1O[C@@H](CN=[N+]=[N-])[C@@H](N=[N+]=[N-])[C@@H](OS(C)(=O)=O)[C@H]1OS(C)(=O)=O. The lowest BCUT2D eigenvalue weighted by molar-refractivity contribution is -0.249. The van der Waals surface area contributed by atoms with Gasteiger partial charge in [0.15, 0.2) is 12.4 Å². The van der Waals surface area contributed by atoms with Gasteiger partial charge in [0.1, 0.15) is 6.10 Å². The summed E-state index contributed by atoms with van der Waals surface area (Å²) < 4.78 is 66.1. The summed E-state index contributed by atoms with van der Waals surface area (Å²) in [6.45, 7) is -0.352. The third kappa shape index (κ3) is 6.64. The van der Waals surface area contributed by atoms with Gasteiger partial charge in [-0.15, -0.1) is 0 Å². The van der Waals surface area contributed by atoms with Crippen LogP contribution in [0.3, 0.4) is 0 Å². The number of methoxy groups -OCH3 is 1. The molecule has 142 valence electrons. The van der Waals surface area contributed by atoms with Crippen molar-refractivity contribution >= 4 is 20.2 Å². The molecule has 0 aliphatic carbocycles. The Kier molecular flexibility index (Phi) is 7.40. The highest BCUT2D eigenvalue weighted by Crippen LogP contribution is 2.30. The fourth-order valence-electron chi connectivity index (χ4n) is 2.16. The lowest BCUT2D eigenvalue weighted by Crippen LogP contribution is -2.60. The van der Waals surface area contributed by atoms with E-state index in [0.29, 0.717) is 0 Å². The van der Waals surface area contributed by atoms with E-state index in [1.54, 1.807) is 0 Å². The van der Waals surface area contributed by atoms with Crippen LogP contribution in [-0.2, 0) is 38.1 Å². The number of nitrogens with zero attached hydrogens (tertiary/aromatic N) is 6. The van der Waals surface area contributed by atoms with Gasteiger partial charge in [-0.1, -0.05) is 10.2 Å². The predicted octanol–water partition coefficient (Wildman–Crippen LogP) is 0.0365. The number of ether oxygens (including phenoxy) is 2. The second-order valence-electron chi connectivity index (χ2n) is 4.92. The Morgan fingerprint density at radius 1 is 1.04 bits per heavy atom. The molecular weight excluding hydrogens is 384 g/mol. The molecule has 0 aromatic heterocycles. The zero-order valence-electron chi connectivity index (χ0n) is 13.4. The topological polar surface area (TPSA) is 203 Å². The minimum atomic E-state index is -4.11. The Labute approximate surface area is 143 Å². The molecule has 0 bridgehead atoms. The Bertz CT molecular complexity index is 772. The molecule has 1 aliphatic rings. The molecule has 0 spiro atoms. The number of hydrogen-bond acceptors (Lipinski definition) is 10. The number of hydrogen-bond donors (Lipinski definition) is 0. The molecule has 5 atom stereocenters. The first-order valence-corrected chi connectivity index (χ1v) is 10.2. The van der Waals surface area contributed by atoms with Gasteiger partial charge >= 0.3 is 0 Å². The van der Waals surface area contributed by atoms with Crippen molar-refractivity contribution in [1.29, 1.82) is 0 Å². The van der Waals surface area contributed by atoms with Crippen molar-refractivity contribution in [2.75, 3.05) is 26.2 Å². The second-order valence-corrected chi connectivity index (χ2v) is 8.12. The van der Waals surface area contributed by atoms with Crippen LogP contribution in [0.1, 0.15) is 0 Å². The smallest absolute Gasteiger partial charge is 0.264 e. The van der Waals surface area contributed by atoms with Crippen LogP contribution in [0.15, 0.2) is 10.2 Å². The molecular formula is C9H16N6O8S2. The van der Waals surface area contributed by atoms with E-state index in [1.807, 2.05) is 0 Å². The highest BCUT2D eigenvalue weighted by atomic mass is 32.2. The van der Waals surface area contributed by atoms with Gasteiger partial charge in [-0.3, -0.25) is 8.37 Å². The van der Waals surface area contributed by atoms with E-state index in [0.717, 1.165) is 19.6 Å². The molecule has 1 saturated heterocycles. The third-order valence-corrected chi connectivity index (χ3v) is 4.08. The maximum Gasteiger partial charge on any atom is 0.264 e. The van der Waals surface area contributed by atoms with Crippen LogP contribution in [0, 0.1) is 0 Å². The van der Waals surface area contributed by atoms with E-state index >= 15 is 0 Å². The lowest BCUT2D eigenvalue weighted by Gasteiger charge is -2.42. The summed E-state index contributed by atoms with van der Waals surface area (Å²) in [5.41, 5.74) is 17.2. The molecule has 1 aliphatic heterocycles. The summed E-state index contributed by atoms with van der Waals surface area (Å²) >= 11 is 0. The maximum atomic E-state index is 11.6. The van der Waals surface area contributed by atoms with E-state index < -0.39 is 50.9 Å². The summed E-state index contributed by atoms with van der Waals surface area (Å²) in [4.78, 5) is 5.11. The van der Waals surface area contributed by atoms with Gasteiger partial charge in [-0.05, 0) is 11.1 Å². The molecule has 25 heavy (non-hydrogen) atoms. The standard InChI is InChI=1S/C9H16N6O8S2/c1-20-9-8(23-25(3,18)19)7(22-24(2,16)17)6(13-15-11)5(21-9)4-12-14-10/h5-9H,4H2,1-3H3/t5-,6+,7+,8+,9-/m0/s1. The average molecular weight is 400 g/mol. The summed E-state index contributed by atoms with van der Waals surface area (Å²) in [7, 11) is -7.04. The van der Waals surface area contributed by atoms with Crippen LogP contribution in [0.5, 0.6) is 0 Å². The maximum absolute atomic E-state index is 11.6. The molecule has 1 rings (SSSR count).